The fourth-order valence-corrected chi connectivity index (χ4v) is 2.09. The van der Waals surface area contributed by atoms with Crippen LogP contribution < -0.4 is 10.7 Å². The Hall–Kier alpha value is -1.84. The van der Waals surface area contributed by atoms with E-state index in [9.17, 15) is 9.59 Å². The van der Waals surface area contributed by atoms with E-state index in [0.29, 0.717) is 12.1 Å². The van der Waals surface area contributed by atoms with Gasteiger partial charge in [-0.05, 0) is 13.0 Å². The third-order valence-electron chi connectivity index (χ3n) is 3.27. The largest absolute Gasteiger partial charge is 0.352 e. The van der Waals surface area contributed by atoms with Crippen molar-refractivity contribution in [2.75, 3.05) is 0 Å². The molecule has 0 unspecified atom stereocenters. The Labute approximate surface area is 106 Å². The van der Waals surface area contributed by atoms with Crippen LogP contribution in [0.4, 0.5) is 0 Å². The van der Waals surface area contributed by atoms with Crippen LogP contribution in [-0.2, 0) is 17.9 Å². The van der Waals surface area contributed by atoms with Crippen LogP contribution in [0.25, 0.3) is 6.08 Å². The molecule has 1 aromatic heterocycles. The minimum absolute atomic E-state index is 0.00523. The number of fused-ring (bicyclic) bond motifs is 1. The summed E-state index contributed by atoms with van der Waals surface area (Å²) < 4.78 is 2.08. The van der Waals surface area contributed by atoms with Crippen LogP contribution in [0.2, 0.25) is 0 Å². The maximum Gasteiger partial charge on any atom is 0.222 e. The number of nitrogens with zero attached hydrogens (tertiary/aromatic N) is 1. The molecule has 0 aromatic carbocycles. The molecular formula is C14H18N2O2. The zero-order chi connectivity index (χ0) is 13.3. The summed E-state index contributed by atoms with van der Waals surface area (Å²) in [7, 11) is 0. The second kappa shape index (κ2) is 4.80. The van der Waals surface area contributed by atoms with E-state index in [1.165, 1.54) is 0 Å². The summed E-state index contributed by atoms with van der Waals surface area (Å²) in [6.45, 7) is 6.70. The lowest BCUT2D eigenvalue weighted by atomic mass is 10.1. The molecule has 0 saturated heterocycles. The Morgan fingerprint density at radius 3 is 2.89 bits per heavy atom. The van der Waals surface area contributed by atoms with Crippen molar-refractivity contribution in [3.63, 3.8) is 0 Å². The quantitative estimate of drug-likeness (QED) is 0.877. The van der Waals surface area contributed by atoms with E-state index in [1.807, 2.05) is 32.9 Å². The summed E-state index contributed by atoms with van der Waals surface area (Å²) in [4.78, 5) is 23.5. The van der Waals surface area contributed by atoms with E-state index >= 15 is 0 Å². The van der Waals surface area contributed by atoms with Gasteiger partial charge in [-0.2, -0.15) is 0 Å². The summed E-state index contributed by atoms with van der Waals surface area (Å²) in [5.74, 6) is -0.0958. The normalized spacial score (nSPS) is 12.9. The van der Waals surface area contributed by atoms with Crippen LogP contribution in [0.3, 0.4) is 0 Å². The van der Waals surface area contributed by atoms with Gasteiger partial charge >= 0.3 is 0 Å². The molecule has 1 aliphatic rings. The van der Waals surface area contributed by atoms with Gasteiger partial charge in [0, 0.05) is 42.0 Å². The minimum Gasteiger partial charge on any atom is -0.352 e. The van der Waals surface area contributed by atoms with Crippen molar-refractivity contribution in [2.45, 2.75) is 33.9 Å². The first-order valence-corrected chi connectivity index (χ1v) is 6.18. The molecule has 1 N–H and O–H groups in total. The van der Waals surface area contributed by atoms with Crippen LogP contribution in [0, 0.1) is 12.8 Å². The molecule has 0 spiro atoms. The van der Waals surface area contributed by atoms with Crippen molar-refractivity contribution < 1.29 is 4.79 Å². The topological polar surface area (TPSA) is 51.1 Å². The van der Waals surface area contributed by atoms with Gasteiger partial charge in [0.05, 0.1) is 0 Å². The maximum atomic E-state index is 12.0. The van der Waals surface area contributed by atoms with Gasteiger partial charge in [-0.15, -0.1) is 0 Å². The van der Waals surface area contributed by atoms with E-state index < -0.39 is 0 Å². The summed E-state index contributed by atoms with van der Waals surface area (Å²) >= 11 is 0. The van der Waals surface area contributed by atoms with Crippen molar-refractivity contribution in [3.05, 3.63) is 39.3 Å². The summed E-state index contributed by atoms with van der Waals surface area (Å²) in [6, 6.07) is 1.63. The second-order valence-corrected chi connectivity index (χ2v) is 4.88. The number of nitrogens with one attached hydrogen (secondary N) is 1. The highest BCUT2D eigenvalue weighted by molar-refractivity contribution is 5.77. The molecule has 1 aliphatic heterocycles. The van der Waals surface area contributed by atoms with E-state index in [0.717, 1.165) is 17.9 Å². The van der Waals surface area contributed by atoms with E-state index in [2.05, 4.69) is 9.88 Å². The smallest absolute Gasteiger partial charge is 0.222 e. The molecule has 4 nitrogen and oxygen atoms in total. The molecule has 18 heavy (non-hydrogen) atoms. The molecule has 2 rings (SSSR count). The van der Waals surface area contributed by atoms with Crippen molar-refractivity contribution in [1.82, 2.24) is 9.88 Å². The van der Waals surface area contributed by atoms with Crippen molar-refractivity contribution >= 4 is 12.0 Å². The third-order valence-corrected chi connectivity index (χ3v) is 3.27. The number of hydrogen-bond acceptors (Lipinski definition) is 2. The van der Waals surface area contributed by atoms with Gasteiger partial charge in [0.2, 0.25) is 5.91 Å². The van der Waals surface area contributed by atoms with E-state index in [-0.39, 0.29) is 17.3 Å². The number of aromatic nitrogens is 1. The van der Waals surface area contributed by atoms with Gasteiger partial charge < -0.3 is 9.88 Å². The summed E-state index contributed by atoms with van der Waals surface area (Å²) in [6.07, 6.45) is 3.98. The average molecular weight is 246 g/mol. The third kappa shape index (κ3) is 2.23. The molecule has 1 amide bonds. The predicted molar refractivity (Wildman–Crippen MR) is 71.2 cm³/mol. The summed E-state index contributed by atoms with van der Waals surface area (Å²) in [5, 5.41) is 2.80. The zero-order valence-corrected chi connectivity index (χ0v) is 11.0. The highest BCUT2D eigenvalue weighted by Gasteiger charge is 2.14. The van der Waals surface area contributed by atoms with Gasteiger partial charge in [-0.1, -0.05) is 19.9 Å². The Balaban J connectivity index is 2.25. The maximum absolute atomic E-state index is 12.0. The lowest BCUT2D eigenvalue weighted by Gasteiger charge is -2.14. The standard InChI is InChI=1S/C14H18N2O2/c1-9(2)14(18)15-8-12-10(3)16-6-4-5-11(16)7-13(12)17/h4-5,7,9H,6,8H2,1-3H3,(H,15,18). The number of allylic oxidation sites excluding steroid dienone is 1. The fourth-order valence-electron chi connectivity index (χ4n) is 2.09. The molecule has 96 valence electrons. The van der Waals surface area contributed by atoms with Gasteiger partial charge in [0.15, 0.2) is 5.43 Å². The molecule has 0 saturated carbocycles. The predicted octanol–water partition coefficient (Wildman–Crippen LogP) is 1.46. The van der Waals surface area contributed by atoms with Crippen molar-refractivity contribution in [3.8, 4) is 0 Å². The number of amides is 1. The molecular weight excluding hydrogens is 228 g/mol. The number of rotatable bonds is 3. The van der Waals surface area contributed by atoms with E-state index in [1.54, 1.807) is 6.07 Å². The van der Waals surface area contributed by atoms with Crippen LogP contribution in [0.1, 0.15) is 30.8 Å². The Morgan fingerprint density at radius 2 is 2.22 bits per heavy atom. The SMILES string of the molecule is Cc1c(CNC(=O)C(C)C)c(=O)cc2n1CC=C2. The monoisotopic (exact) mass is 246 g/mol. The van der Waals surface area contributed by atoms with Crippen LogP contribution in [-0.4, -0.2) is 10.5 Å². The fraction of sp³-hybridized carbons (Fsp3) is 0.429. The number of pyridine rings is 1. The molecule has 0 aliphatic carbocycles. The van der Waals surface area contributed by atoms with Crippen LogP contribution >= 0.6 is 0 Å². The van der Waals surface area contributed by atoms with Gasteiger partial charge in [-0.3, -0.25) is 9.59 Å². The summed E-state index contributed by atoms with van der Waals surface area (Å²) in [5.41, 5.74) is 2.55. The molecule has 4 heteroatoms. The molecule has 0 radical (unpaired) electrons. The molecule has 0 fully saturated rings. The average Bonchev–Trinajstić information content (AvgIpc) is 2.76. The Bertz CT molecular complexity index is 568. The van der Waals surface area contributed by atoms with Gasteiger partial charge in [0.25, 0.3) is 0 Å². The second-order valence-electron chi connectivity index (χ2n) is 4.88. The van der Waals surface area contributed by atoms with Crippen molar-refractivity contribution in [2.24, 2.45) is 5.92 Å². The molecule has 2 heterocycles. The lowest BCUT2D eigenvalue weighted by molar-refractivity contribution is -0.124. The number of hydrogen-bond donors (Lipinski definition) is 1. The molecule has 1 aromatic rings. The first-order chi connectivity index (χ1) is 8.50. The van der Waals surface area contributed by atoms with E-state index in [4.69, 9.17) is 0 Å². The first kappa shape index (κ1) is 12.6. The molecule has 0 atom stereocenters. The molecule has 0 bridgehead atoms. The van der Waals surface area contributed by atoms with Gasteiger partial charge in [-0.25, -0.2) is 0 Å². The van der Waals surface area contributed by atoms with Crippen LogP contribution in [0.5, 0.6) is 0 Å². The van der Waals surface area contributed by atoms with Crippen LogP contribution in [0.15, 0.2) is 16.9 Å². The highest BCUT2D eigenvalue weighted by atomic mass is 16.1. The van der Waals surface area contributed by atoms with Crippen molar-refractivity contribution in [1.29, 1.82) is 0 Å². The number of carbonyl (C=O) groups excluding carboxylic acids is 1. The first-order valence-electron chi connectivity index (χ1n) is 6.18. The zero-order valence-electron chi connectivity index (χ0n) is 11.0. The highest BCUT2D eigenvalue weighted by Crippen LogP contribution is 2.15. The number of carbonyl (C=O) groups is 1. The minimum atomic E-state index is -0.0656. The Morgan fingerprint density at radius 1 is 1.50 bits per heavy atom. The Kier molecular flexibility index (Phi) is 3.36. The lowest BCUT2D eigenvalue weighted by Crippen LogP contribution is -2.30. The van der Waals surface area contributed by atoms with Gasteiger partial charge in [0.1, 0.15) is 0 Å².